The van der Waals surface area contributed by atoms with Gasteiger partial charge in [-0.2, -0.15) is 0 Å². The molecule has 6 nitrogen and oxygen atoms in total. The van der Waals surface area contributed by atoms with E-state index in [2.05, 4.69) is 10.5 Å². The number of aromatic nitrogens is 1. The molecule has 0 saturated carbocycles. The van der Waals surface area contributed by atoms with Crippen molar-refractivity contribution in [1.29, 1.82) is 0 Å². The highest BCUT2D eigenvalue weighted by Crippen LogP contribution is 2.26. The number of nitrogens with one attached hydrogen (secondary N) is 1. The Balaban J connectivity index is 1.70. The molecule has 2 saturated heterocycles. The number of likely N-dealkylation sites (tertiary alicyclic amines) is 1. The summed E-state index contributed by atoms with van der Waals surface area (Å²) in [5, 5.41) is 7.13. The van der Waals surface area contributed by atoms with Crippen molar-refractivity contribution in [1.82, 2.24) is 15.4 Å². The molecule has 18 heavy (non-hydrogen) atoms. The summed E-state index contributed by atoms with van der Waals surface area (Å²) in [6.07, 6.45) is 2.39. The molecular formula is C12H17N3O3. The number of rotatable bonds is 2. The maximum absolute atomic E-state index is 12.2. The van der Waals surface area contributed by atoms with E-state index in [0.717, 1.165) is 19.6 Å². The van der Waals surface area contributed by atoms with Crippen LogP contribution in [0.2, 0.25) is 0 Å². The second-order valence-corrected chi connectivity index (χ2v) is 4.91. The SMILES string of the molecule is COc1cc(C(=O)N2CC3CCCNC3C2)on1. The standard InChI is InChI=1S/C12H17N3O3/c1-17-11-5-10(18-14-11)12(16)15-6-8-3-2-4-13-9(8)7-15/h5,8-9,13H,2-4,6-7H2,1H3. The summed E-state index contributed by atoms with van der Waals surface area (Å²) < 4.78 is 9.91. The minimum absolute atomic E-state index is 0.0954. The van der Waals surface area contributed by atoms with Crippen molar-refractivity contribution in [2.24, 2.45) is 5.92 Å². The van der Waals surface area contributed by atoms with E-state index in [4.69, 9.17) is 9.26 Å². The Morgan fingerprint density at radius 1 is 1.61 bits per heavy atom. The van der Waals surface area contributed by atoms with Gasteiger partial charge >= 0.3 is 0 Å². The molecule has 1 aromatic heterocycles. The first-order chi connectivity index (χ1) is 8.78. The average molecular weight is 251 g/mol. The van der Waals surface area contributed by atoms with Gasteiger partial charge in [0.05, 0.1) is 13.2 Å². The van der Waals surface area contributed by atoms with E-state index in [1.807, 2.05) is 4.90 Å². The van der Waals surface area contributed by atoms with Crippen LogP contribution in [-0.4, -0.2) is 48.7 Å². The first-order valence-electron chi connectivity index (χ1n) is 6.31. The average Bonchev–Trinajstić information content (AvgIpc) is 3.04. The van der Waals surface area contributed by atoms with Crippen molar-refractivity contribution in [2.45, 2.75) is 18.9 Å². The molecule has 2 aliphatic rings. The molecule has 2 fully saturated rings. The highest BCUT2D eigenvalue weighted by atomic mass is 16.5. The third-order valence-electron chi connectivity index (χ3n) is 3.79. The van der Waals surface area contributed by atoms with Gasteiger partial charge in [-0.3, -0.25) is 4.79 Å². The fraction of sp³-hybridized carbons (Fsp3) is 0.667. The van der Waals surface area contributed by atoms with Gasteiger partial charge in [-0.05, 0) is 30.5 Å². The minimum Gasteiger partial charge on any atom is -0.479 e. The Morgan fingerprint density at radius 3 is 3.22 bits per heavy atom. The Hall–Kier alpha value is -1.56. The van der Waals surface area contributed by atoms with Crippen LogP contribution < -0.4 is 10.1 Å². The summed E-state index contributed by atoms with van der Waals surface area (Å²) in [6, 6.07) is 1.98. The Kier molecular flexibility index (Phi) is 2.95. The van der Waals surface area contributed by atoms with Gasteiger partial charge in [-0.25, -0.2) is 0 Å². The van der Waals surface area contributed by atoms with Crippen LogP contribution in [0.1, 0.15) is 23.4 Å². The van der Waals surface area contributed by atoms with Gasteiger partial charge in [0.1, 0.15) is 0 Å². The highest BCUT2D eigenvalue weighted by molar-refractivity contribution is 5.91. The van der Waals surface area contributed by atoms with Crippen molar-refractivity contribution in [2.75, 3.05) is 26.7 Å². The van der Waals surface area contributed by atoms with Gasteiger partial charge in [0.15, 0.2) is 0 Å². The van der Waals surface area contributed by atoms with E-state index in [9.17, 15) is 4.79 Å². The molecule has 2 atom stereocenters. The van der Waals surface area contributed by atoms with E-state index in [-0.39, 0.29) is 11.7 Å². The summed E-state index contributed by atoms with van der Waals surface area (Å²) in [5.41, 5.74) is 0. The topological polar surface area (TPSA) is 67.6 Å². The minimum atomic E-state index is -0.0954. The maximum atomic E-state index is 12.2. The van der Waals surface area contributed by atoms with Crippen LogP contribution in [-0.2, 0) is 0 Å². The number of carbonyl (C=O) groups is 1. The van der Waals surface area contributed by atoms with Crippen molar-refractivity contribution in [3.8, 4) is 5.88 Å². The fourth-order valence-corrected chi connectivity index (χ4v) is 2.82. The van der Waals surface area contributed by atoms with Crippen LogP contribution in [0.25, 0.3) is 0 Å². The van der Waals surface area contributed by atoms with Crippen LogP contribution in [0.5, 0.6) is 5.88 Å². The number of hydrogen-bond acceptors (Lipinski definition) is 5. The summed E-state index contributed by atoms with van der Waals surface area (Å²) in [6.45, 7) is 2.62. The zero-order valence-corrected chi connectivity index (χ0v) is 10.4. The molecule has 0 bridgehead atoms. The number of carbonyl (C=O) groups excluding carboxylic acids is 1. The van der Waals surface area contributed by atoms with E-state index < -0.39 is 0 Å². The van der Waals surface area contributed by atoms with Gasteiger partial charge < -0.3 is 19.5 Å². The molecule has 1 amide bonds. The van der Waals surface area contributed by atoms with E-state index in [1.54, 1.807) is 0 Å². The van der Waals surface area contributed by atoms with Crippen LogP contribution in [0.4, 0.5) is 0 Å². The summed E-state index contributed by atoms with van der Waals surface area (Å²) in [7, 11) is 1.50. The molecule has 0 radical (unpaired) electrons. The van der Waals surface area contributed by atoms with Crippen molar-refractivity contribution >= 4 is 5.91 Å². The first-order valence-corrected chi connectivity index (χ1v) is 6.31. The summed E-state index contributed by atoms with van der Waals surface area (Å²) >= 11 is 0. The van der Waals surface area contributed by atoms with Crippen LogP contribution in [0.15, 0.2) is 10.6 Å². The second-order valence-electron chi connectivity index (χ2n) is 4.91. The van der Waals surface area contributed by atoms with E-state index in [0.29, 0.717) is 17.8 Å². The Morgan fingerprint density at radius 2 is 2.50 bits per heavy atom. The molecule has 0 spiro atoms. The summed E-state index contributed by atoms with van der Waals surface area (Å²) in [4.78, 5) is 14.1. The predicted molar refractivity (Wildman–Crippen MR) is 63.5 cm³/mol. The molecule has 2 aliphatic heterocycles. The quantitative estimate of drug-likeness (QED) is 0.829. The van der Waals surface area contributed by atoms with Crippen LogP contribution in [0.3, 0.4) is 0 Å². The normalized spacial score (nSPS) is 27.1. The molecule has 1 N–H and O–H groups in total. The second kappa shape index (κ2) is 4.61. The molecule has 6 heteroatoms. The first kappa shape index (κ1) is 11.5. The van der Waals surface area contributed by atoms with E-state index in [1.165, 1.54) is 26.0 Å². The molecule has 3 heterocycles. The highest BCUT2D eigenvalue weighted by Gasteiger charge is 2.37. The third-order valence-corrected chi connectivity index (χ3v) is 3.79. The Bertz CT molecular complexity index is 432. The third kappa shape index (κ3) is 1.96. The monoisotopic (exact) mass is 251 g/mol. The molecule has 3 rings (SSSR count). The molecule has 0 aliphatic carbocycles. The van der Waals surface area contributed by atoms with Crippen molar-refractivity contribution in [3.05, 3.63) is 11.8 Å². The van der Waals surface area contributed by atoms with E-state index >= 15 is 0 Å². The lowest BCUT2D eigenvalue weighted by Crippen LogP contribution is -2.41. The van der Waals surface area contributed by atoms with Gasteiger partial charge in [0.2, 0.25) is 5.76 Å². The number of hydrogen-bond donors (Lipinski definition) is 1. The zero-order valence-electron chi connectivity index (χ0n) is 10.4. The lowest BCUT2D eigenvalue weighted by molar-refractivity contribution is 0.0744. The Labute approximate surface area is 105 Å². The van der Waals surface area contributed by atoms with Crippen LogP contribution in [0, 0.1) is 5.92 Å². The molecule has 0 aromatic carbocycles. The summed E-state index contributed by atoms with van der Waals surface area (Å²) in [5.74, 6) is 1.08. The number of fused-ring (bicyclic) bond motifs is 1. The zero-order chi connectivity index (χ0) is 12.5. The number of methoxy groups -OCH3 is 1. The predicted octanol–water partition coefficient (Wildman–Crippen LogP) is 0.507. The van der Waals surface area contributed by atoms with Gasteiger partial charge in [-0.1, -0.05) is 0 Å². The number of ether oxygens (including phenoxy) is 1. The van der Waals surface area contributed by atoms with Gasteiger partial charge in [0.25, 0.3) is 11.8 Å². The number of piperidine rings is 1. The maximum Gasteiger partial charge on any atom is 0.292 e. The molecular weight excluding hydrogens is 234 g/mol. The van der Waals surface area contributed by atoms with Gasteiger partial charge in [-0.15, -0.1) is 0 Å². The number of nitrogens with zero attached hydrogens (tertiary/aromatic N) is 2. The van der Waals surface area contributed by atoms with Crippen molar-refractivity contribution < 1.29 is 14.1 Å². The fourth-order valence-electron chi connectivity index (χ4n) is 2.82. The number of amides is 1. The molecule has 1 aromatic rings. The van der Waals surface area contributed by atoms with Crippen LogP contribution >= 0.6 is 0 Å². The lowest BCUT2D eigenvalue weighted by atomic mass is 9.94. The molecule has 2 unspecified atom stereocenters. The molecule has 98 valence electrons. The lowest BCUT2D eigenvalue weighted by Gasteiger charge is -2.24. The smallest absolute Gasteiger partial charge is 0.292 e. The van der Waals surface area contributed by atoms with Gasteiger partial charge in [0, 0.05) is 19.1 Å². The largest absolute Gasteiger partial charge is 0.479 e. The van der Waals surface area contributed by atoms with Crippen molar-refractivity contribution in [3.63, 3.8) is 0 Å².